The first kappa shape index (κ1) is 20.1. The topological polar surface area (TPSA) is 56.8 Å². The Hall–Kier alpha value is -2.69. The lowest BCUT2D eigenvalue weighted by Gasteiger charge is -2.38. The fraction of sp³-hybridized carbons (Fsp3) is 0.435. The number of rotatable bonds is 5. The van der Waals surface area contributed by atoms with E-state index in [4.69, 9.17) is 14.2 Å². The first-order valence-corrected chi connectivity index (χ1v) is 9.60. The van der Waals surface area contributed by atoms with Crippen LogP contribution in [0.25, 0.3) is 0 Å². The van der Waals surface area contributed by atoms with E-state index in [0.29, 0.717) is 6.42 Å². The maximum atomic E-state index is 12.9. The lowest BCUT2D eigenvalue weighted by Crippen LogP contribution is -2.44. The number of hydrogen-bond acceptors (Lipinski definition) is 4. The van der Waals surface area contributed by atoms with Gasteiger partial charge in [-0.05, 0) is 64.4 Å². The fourth-order valence-electron chi connectivity index (χ4n) is 3.55. The van der Waals surface area contributed by atoms with Gasteiger partial charge >= 0.3 is 0 Å². The van der Waals surface area contributed by atoms with Gasteiger partial charge in [0.1, 0.15) is 22.8 Å². The normalized spacial score (nSPS) is 18.4. The van der Waals surface area contributed by atoms with Gasteiger partial charge in [-0.25, -0.2) is 0 Å². The summed E-state index contributed by atoms with van der Waals surface area (Å²) in [5.74, 6) is 2.07. The molecule has 0 aromatic heterocycles. The maximum Gasteiger partial charge on any atom is 0.261 e. The number of ether oxygens (including phenoxy) is 3. The zero-order chi connectivity index (χ0) is 20.5. The second-order valence-corrected chi connectivity index (χ2v) is 8.06. The van der Waals surface area contributed by atoms with Crippen molar-refractivity contribution in [1.82, 2.24) is 5.32 Å². The third kappa shape index (κ3) is 4.41. The predicted molar refractivity (Wildman–Crippen MR) is 109 cm³/mol. The molecular weight excluding hydrogens is 354 g/mol. The molecule has 0 unspecified atom stereocenters. The molecule has 1 aliphatic rings. The molecule has 1 aliphatic heterocycles. The number of benzene rings is 2. The van der Waals surface area contributed by atoms with Gasteiger partial charge in [0.2, 0.25) is 0 Å². The highest BCUT2D eigenvalue weighted by Gasteiger charge is 2.35. The van der Waals surface area contributed by atoms with Crippen molar-refractivity contribution in [3.05, 3.63) is 53.1 Å². The molecule has 3 rings (SSSR count). The largest absolute Gasteiger partial charge is 0.497 e. The zero-order valence-corrected chi connectivity index (χ0v) is 17.5. The molecule has 0 spiro atoms. The molecule has 1 heterocycles. The van der Waals surface area contributed by atoms with E-state index in [1.165, 1.54) is 0 Å². The summed E-state index contributed by atoms with van der Waals surface area (Å²) in [4.78, 5) is 12.9. The van der Waals surface area contributed by atoms with Gasteiger partial charge in [0.05, 0.1) is 13.2 Å². The molecule has 150 valence electrons. The van der Waals surface area contributed by atoms with Crippen LogP contribution in [0.15, 0.2) is 36.4 Å². The zero-order valence-electron chi connectivity index (χ0n) is 17.5. The molecule has 0 saturated carbocycles. The van der Waals surface area contributed by atoms with Crippen molar-refractivity contribution in [2.24, 2.45) is 0 Å². The molecule has 1 amide bonds. The van der Waals surface area contributed by atoms with Crippen LogP contribution < -0.4 is 19.5 Å². The fourth-order valence-corrected chi connectivity index (χ4v) is 3.55. The highest BCUT2D eigenvalue weighted by molar-refractivity contribution is 5.81. The van der Waals surface area contributed by atoms with Crippen molar-refractivity contribution in [2.75, 3.05) is 7.11 Å². The van der Waals surface area contributed by atoms with Gasteiger partial charge in [-0.2, -0.15) is 0 Å². The third-order valence-corrected chi connectivity index (χ3v) is 4.99. The molecule has 2 aromatic rings. The molecule has 0 saturated heterocycles. The number of carbonyl (C=O) groups is 1. The average molecular weight is 383 g/mol. The van der Waals surface area contributed by atoms with Gasteiger partial charge in [-0.1, -0.05) is 17.7 Å². The average Bonchev–Trinajstić information content (AvgIpc) is 2.62. The Morgan fingerprint density at radius 3 is 2.64 bits per heavy atom. The standard InChI is InChI=1S/C23H29NO4/c1-14-7-9-20(15(2)11-14)27-16(3)22(25)24-19-13-23(4,5)28-21-10-8-17(26-6)12-18(19)21/h7-12,16,19H,13H2,1-6H3,(H,24,25)/t16-,19-/m0/s1. The van der Waals surface area contributed by atoms with Crippen molar-refractivity contribution in [3.63, 3.8) is 0 Å². The lowest BCUT2D eigenvalue weighted by atomic mass is 9.89. The van der Waals surface area contributed by atoms with E-state index < -0.39 is 6.10 Å². The van der Waals surface area contributed by atoms with Gasteiger partial charge in [0, 0.05) is 12.0 Å². The van der Waals surface area contributed by atoms with E-state index >= 15 is 0 Å². The summed E-state index contributed by atoms with van der Waals surface area (Å²) in [6, 6.07) is 11.4. The number of nitrogens with one attached hydrogen (secondary N) is 1. The van der Waals surface area contributed by atoms with E-state index in [0.717, 1.165) is 33.9 Å². The Bertz CT molecular complexity index is 875. The van der Waals surface area contributed by atoms with Crippen molar-refractivity contribution in [3.8, 4) is 17.2 Å². The van der Waals surface area contributed by atoms with E-state index in [1.54, 1.807) is 14.0 Å². The second-order valence-electron chi connectivity index (χ2n) is 8.06. The molecule has 0 radical (unpaired) electrons. The quantitative estimate of drug-likeness (QED) is 0.826. The van der Waals surface area contributed by atoms with Crippen LogP contribution in [-0.2, 0) is 4.79 Å². The van der Waals surface area contributed by atoms with Crippen LogP contribution in [0.4, 0.5) is 0 Å². The highest BCUT2D eigenvalue weighted by atomic mass is 16.5. The van der Waals surface area contributed by atoms with Crippen molar-refractivity contribution < 1.29 is 19.0 Å². The molecule has 0 aliphatic carbocycles. The number of carbonyl (C=O) groups excluding carboxylic acids is 1. The smallest absolute Gasteiger partial charge is 0.261 e. The van der Waals surface area contributed by atoms with Crippen molar-refractivity contribution >= 4 is 5.91 Å². The van der Waals surface area contributed by atoms with E-state index in [-0.39, 0.29) is 17.6 Å². The van der Waals surface area contributed by atoms with Gasteiger partial charge in [0.25, 0.3) is 5.91 Å². The molecule has 28 heavy (non-hydrogen) atoms. The SMILES string of the molecule is COc1ccc2c(c1)[C@@H](NC(=O)[C@H](C)Oc1ccc(C)cc1C)CC(C)(C)O2. The number of amides is 1. The van der Waals surface area contributed by atoms with Crippen LogP contribution in [0, 0.1) is 13.8 Å². The molecule has 1 N–H and O–H groups in total. The number of hydrogen-bond donors (Lipinski definition) is 1. The van der Waals surface area contributed by atoms with E-state index in [9.17, 15) is 4.79 Å². The Morgan fingerprint density at radius 1 is 1.21 bits per heavy atom. The maximum absolute atomic E-state index is 12.9. The summed E-state index contributed by atoms with van der Waals surface area (Å²) in [6.45, 7) is 9.83. The second kappa shape index (κ2) is 7.74. The number of aryl methyl sites for hydroxylation is 2. The Morgan fingerprint density at radius 2 is 1.96 bits per heavy atom. The van der Waals surface area contributed by atoms with Crippen LogP contribution in [0.2, 0.25) is 0 Å². The van der Waals surface area contributed by atoms with Crippen LogP contribution >= 0.6 is 0 Å². The van der Waals surface area contributed by atoms with Gasteiger partial charge < -0.3 is 19.5 Å². The van der Waals surface area contributed by atoms with Crippen LogP contribution in [0.1, 0.15) is 49.9 Å². The van der Waals surface area contributed by atoms with Crippen molar-refractivity contribution in [2.45, 2.75) is 58.8 Å². The molecule has 2 aromatic carbocycles. The Balaban J connectivity index is 1.77. The van der Waals surface area contributed by atoms with Gasteiger partial charge in [-0.3, -0.25) is 4.79 Å². The number of methoxy groups -OCH3 is 1. The van der Waals surface area contributed by atoms with Crippen molar-refractivity contribution in [1.29, 1.82) is 0 Å². The summed E-state index contributed by atoms with van der Waals surface area (Å²) in [5, 5.41) is 3.13. The highest BCUT2D eigenvalue weighted by Crippen LogP contribution is 2.41. The molecule has 5 nitrogen and oxygen atoms in total. The molecular formula is C23H29NO4. The summed E-state index contributed by atoms with van der Waals surface area (Å²) in [5.41, 5.74) is 2.72. The minimum absolute atomic E-state index is 0.156. The Labute approximate surface area is 167 Å². The van der Waals surface area contributed by atoms with Crippen LogP contribution in [0.5, 0.6) is 17.2 Å². The predicted octanol–water partition coefficient (Wildman–Crippen LogP) is 4.50. The summed E-state index contributed by atoms with van der Waals surface area (Å²) < 4.78 is 17.3. The minimum Gasteiger partial charge on any atom is -0.497 e. The number of fused-ring (bicyclic) bond motifs is 1. The summed E-state index contributed by atoms with van der Waals surface area (Å²) in [7, 11) is 1.63. The van der Waals surface area contributed by atoms with E-state index in [2.05, 4.69) is 5.32 Å². The monoisotopic (exact) mass is 383 g/mol. The summed E-state index contributed by atoms with van der Waals surface area (Å²) >= 11 is 0. The van der Waals surface area contributed by atoms with Gasteiger partial charge in [-0.15, -0.1) is 0 Å². The van der Waals surface area contributed by atoms with Gasteiger partial charge in [0.15, 0.2) is 6.10 Å². The Kier molecular flexibility index (Phi) is 5.54. The molecule has 5 heteroatoms. The minimum atomic E-state index is -0.610. The molecule has 2 atom stereocenters. The lowest BCUT2D eigenvalue weighted by molar-refractivity contribution is -0.128. The summed E-state index contributed by atoms with van der Waals surface area (Å²) in [6.07, 6.45) is 0.0521. The van der Waals surface area contributed by atoms with Crippen LogP contribution in [-0.4, -0.2) is 24.7 Å². The third-order valence-electron chi connectivity index (χ3n) is 4.99. The molecule has 0 fully saturated rings. The van der Waals surface area contributed by atoms with E-state index in [1.807, 2.05) is 64.1 Å². The molecule has 0 bridgehead atoms. The first-order chi connectivity index (χ1) is 13.2. The first-order valence-electron chi connectivity index (χ1n) is 9.60. The van der Waals surface area contributed by atoms with Crippen LogP contribution in [0.3, 0.4) is 0 Å².